The third kappa shape index (κ3) is 3.35. The van der Waals surface area contributed by atoms with E-state index >= 15 is 0 Å². The third-order valence-corrected chi connectivity index (χ3v) is 7.32. The number of nitrogens with zero attached hydrogens (tertiary/aromatic N) is 3. The number of aromatic nitrogens is 2. The second kappa shape index (κ2) is 6.04. The normalized spacial score (nSPS) is 24.6. The van der Waals surface area contributed by atoms with Crippen LogP contribution in [-0.2, 0) is 14.8 Å². The van der Waals surface area contributed by atoms with Gasteiger partial charge in [-0.25, -0.2) is 8.42 Å². The number of anilines is 1. The van der Waals surface area contributed by atoms with E-state index in [2.05, 4.69) is 38.4 Å². The number of amides is 1. The van der Waals surface area contributed by atoms with E-state index in [4.69, 9.17) is 0 Å². The molecular weight excluding hydrogens is 368 g/mol. The third-order valence-electron chi connectivity index (χ3n) is 3.08. The summed E-state index contributed by atoms with van der Waals surface area (Å²) in [6.45, 7) is 4.30. The Morgan fingerprint density at radius 1 is 1.50 bits per heavy atom. The van der Waals surface area contributed by atoms with Gasteiger partial charge in [0.1, 0.15) is 0 Å². The van der Waals surface area contributed by atoms with Crippen LogP contribution in [0.1, 0.15) is 20.3 Å². The first-order valence-corrected chi connectivity index (χ1v) is 9.23. The second-order valence-electron chi connectivity index (χ2n) is 4.70. The van der Waals surface area contributed by atoms with Crippen LogP contribution in [0.15, 0.2) is 4.34 Å². The number of carbonyl (C=O) groups excluding carboxylic acids is 1. The van der Waals surface area contributed by atoms with Crippen LogP contribution in [0, 0.1) is 5.92 Å². The van der Waals surface area contributed by atoms with Crippen molar-refractivity contribution in [3.8, 4) is 0 Å². The maximum Gasteiger partial charge on any atom is 0.272 e. The van der Waals surface area contributed by atoms with Crippen molar-refractivity contribution in [1.29, 1.82) is 0 Å². The largest absolute Gasteiger partial charge is 0.301 e. The van der Waals surface area contributed by atoms with Gasteiger partial charge in [-0.3, -0.25) is 4.79 Å². The lowest BCUT2D eigenvalue weighted by atomic mass is 10.0. The molecule has 1 amide bonds. The van der Waals surface area contributed by atoms with Crippen molar-refractivity contribution in [3.63, 3.8) is 0 Å². The van der Waals surface area contributed by atoms with Gasteiger partial charge >= 0.3 is 0 Å². The van der Waals surface area contributed by atoms with Crippen LogP contribution in [-0.4, -0.2) is 46.7 Å². The van der Waals surface area contributed by atoms with Gasteiger partial charge in [0, 0.05) is 24.8 Å². The lowest BCUT2D eigenvalue weighted by Crippen LogP contribution is -2.43. The van der Waals surface area contributed by atoms with E-state index in [-0.39, 0.29) is 20.2 Å². The molecule has 1 fully saturated rings. The van der Waals surface area contributed by atoms with Crippen LogP contribution >= 0.6 is 27.3 Å². The maximum atomic E-state index is 12.4. The average molecular weight is 383 g/mol. The van der Waals surface area contributed by atoms with E-state index in [0.29, 0.717) is 19.0 Å². The van der Waals surface area contributed by atoms with Crippen molar-refractivity contribution in [1.82, 2.24) is 14.5 Å². The minimum atomic E-state index is -3.64. The molecule has 10 heteroatoms. The van der Waals surface area contributed by atoms with E-state index in [1.807, 2.05) is 0 Å². The fourth-order valence-corrected chi connectivity index (χ4v) is 5.21. The van der Waals surface area contributed by atoms with Crippen LogP contribution < -0.4 is 5.32 Å². The standard InChI is InChI=1S/C10H15BrN4O3S2/c1-6-3-4-15(5-8(6)11)20(17,18)10-14-13-9(19-10)12-7(2)16/h6,8H,3-5H2,1-2H3,(H,12,13,16). The molecule has 0 radical (unpaired) electrons. The summed E-state index contributed by atoms with van der Waals surface area (Å²) in [5.41, 5.74) is 0. The number of hydrogen-bond donors (Lipinski definition) is 1. The second-order valence-corrected chi connectivity index (χ2v) is 8.96. The molecule has 1 aliphatic heterocycles. The summed E-state index contributed by atoms with van der Waals surface area (Å²) < 4.78 is 26.2. The van der Waals surface area contributed by atoms with Crippen molar-refractivity contribution in [2.75, 3.05) is 18.4 Å². The SMILES string of the molecule is CC(=O)Nc1nnc(S(=O)(=O)N2CCC(C)C(Br)C2)s1. The van der Waals surface area contributed by atoms with Gasteiger partial charge in [-0.1, -0.05) is 34.2 Å². The molecule has 1 aromatic heterocycles. The minimum absolute atomic E-state index is 0.0875. The van der Waals surface area contributed by atoms with E-state index in [9.17, 15) is 13.2 Å². The van der Waals surface area contributed by atoms with Gasteiger partial charge in [-0.05, 0) is 12.3 Å². The summed E-state index contributed by atoms with van der Waals surface area (Å²) in [4.78, 5) is 11.0. The van der Waals surface area contributed by atoms with Gasteiger partial charge in [-0.2, -0.15) is 4.31 Å². The Balaban J connectivity index is 2.18. The maximum absolute atomic E-state index is 12.4. The zero-order valence-corrected chi connectivity index (χ0v) is 14.3. The van der Waals surface area contributed by atoms with Crippen molar-refractivity contribution < 1.29 is 13.2 Å². The predicted octanol–water partition coefficient (Wildman–Crippen LogP) is 1.29. The molecule has 1 N–H and O–H groups in total. The van der Waals surface area contributed by atoms with Crippen LogP contribution in [0.4, 0.5) is 5.13 Å². The lowest BCUT2D eigenvalue weighted by molar-refractivity contribution is -0.114. The Kier molecular flexibility index (Phi) is 4.77. The molecule has 1 aromatic rings. The molecule has 0 spiro atoms. The number of piperidine rings is 1. The zero-order chi connectivity index (χ0) is 14.9. The molecule has 0 aliphatic carbocycles. The molecular formula is C10H15BrN4O3S2. The highest BCUT2D eigenvalue weighted by Crippen LogP contribution is 2.29. The van der Waals surface area contributed by atoms with Gasteiger partial charge in [-0.15, -0.1) is 10.2 Å². The first-order chi connectivity index (χ1) is 9.30. The zero-order valence-electron chi connectivity index (χ0n) is 11.0. The molecule has 112 valence electrons. The number of alkyl halides is 1. The van der Waals surface area contributed by atoms with Gasteiger partial charge in [0.2, 0.25) is 15.4 Å². The fraction of sp³-hybridized carbons (Fsp3) is 0.700. The van der Waals surface area contributed by atoms with Crippen LogP contribution in [0.3, 0.4) is 0 Å². The predicted molar refractivity (Wildman–Crippen MR) is 79.5 cm³/mol. The van der Waals surface area contributed by atoms with Gasteiger partial charge in [0.05, 0.1) is 0 Å². The highest BCUT2D eigenvalue weighted by molar-refractivity contribution is 9.09. The van der Waals surface area contributed by atoms with E-state index < -0.39 is 10.0 Å². The fourth-order valence-electron chi connectivity index (χ4n) is 1.84. The first kappa shape index (κ1) is 15.8. The molecule has 2 heterocycles. The summed E-state index contributed by atoms with van der Waals surface area (Å²) in [6, 6.07) is 0. The van der Waals surface area contributed by atoms with Crippen molar-refractivity contribution in [3.05, 3.63) is 0 Å². The Morgan fingerprint density at radius 3 is 2.80 bits per heavy atom. The number of sulfonamides is 1. The van der Waals surface area contributed by atoms with Gasteiger partial charge < -0.3 is 5.32 Å². The molecule has 1 aliphatic rings. The molecule has 2 rings (SSSR count). The number of halogens is 1. The number of hydrogen-bond acceptors (Lipinski definition) is 6. The highest BCUT2D eigenvalue weighted by atomic mass is 79.9. The van der Waals surface area contributed by atoms with Crippen molar-refractivity contribution in [2.45, 2.75) is 29.4 Å². The molecule has 0 aromatic carbocycles. The summed E-state index contributed by atoms with van der Waals surface area (Å²) in [5, 5.41) is 9.96. The monoisotopic (exact) mass is 382 g/mol. The van der Waals surface area contributed by atoms with Crippen LogP contribution in [0.5, 0.6) is 0 Å². The number of carbonyl (C=O) groups is 1. The van der Waals surface area contributed by atoms with Gasteiger partial charge in [0.15, 0.2) is 0 Å². The highest BCUT2D eigenvalue weighted by Gasteiger charge is 2.34. The minimum Gasteiger partial charge on any atom is -0.301 e. The molecule has 2 atom stereocenters. The summed E-state index contributed by atoms with van der Waals surface area (Å²) in [6.07, 6.45) is 0.798. The summed E-state index contributed by atoms with van der Waals surface area (Å²) >= 11 is 4.37. The molecule has 20 heavy (non-hydrogen) atoms. The molecule has 0 bridgehead atoms. The van der Waals surface area contributed by atoms with Crippen molar-refractivity contribution >= 4 is 48.3 Å². The molecule has 2 unspecified atom stereocenters. The smallest absolute Gasteiger partial charge is 0.272 e. The Hall–Kier alpha value is -0.580. The van der Waals surface area contributed by atoms with E-state index in [1.54, 1.807) is 0 Å². The lowest BCUT2D eigenvalue weighted by Gasteiger charge is -2.32. The molecule has 7 nitrogen and oxygen atoms in total. The average Bonchev–Trinajstić information content (AvgIpc) is 2.80. The van der Waals surface area contributed by atoms with E-state index in [0.717, 1.165) is 17.8 Å². The van der Waals surface area contributed by atoms with Crippen molar-refractivity contribution in [2.24, 2.45) is 5.92 Å². The summed E-state index contributed by atoms with van der Waals surface area (Å²) in [5.74, 6) is 0.128. The Labute approximate surface area is 129 Å². The molecule has 1 saturated heterocycles. The number of rotatable bonds is 3. The quantitative estimate of drug-likeness (QED) is 0.627. The number of nitrogens with one attached hydrogen (secondary N) is 1. The Morgan fingerprint density at radius 2 is 2.20 bits per heavy atom. The van der Waals surface area contributed by atoms with Crippen LogP contribution in [0.25, 0.3) is 0 Å². The van der Waals surface area contributed by atoms with Crippen LogP contribution in [0.2, 0.25) is 0 Å². The van der Waals surface area contributed by atoms with Gasteiger partial charge in [0.25, 0.3) is 10.0 Å². The Bertz CT molecular complexity index is 603. The summed E-state index contributed by atoms with van der Waals surface area (Å²) in [7, 11) is -3.64. The topological polar surface area (TPSA) is 92.3 Å². The molecule has 0 saturated carbocycles. The van der Waals surface area contributed by atoms with E-state index in [1.165, 1.54) is 11.2 Å². The first-order valence-electron chi connectivity index (χ1n) is 6.06.